The van der Waals surface area contributed by atoms with E-state index in [4.69, 9.17) is 5.26 Å². The molecule has 0 radical (unpaired) electrons. The van der Waals surface area contributed by atoms with Gasteiger partial charge in [0.1, 0.15) is 0 Å². The highest BCUT2D eigenvalue weighted by Crippen LogP contribution is 2.34. The van der Waals surface area contributed by atoms with E-state index in [-0.39, 0.29) is 17.6 Å². The molecule has 2 unspecified atom stereocenters. The Hall–Kier alpha value is -1.74. The molecule has 2 atom stereocenters. The number of nitrogens with one attached hydrogen (secondary N) is 1. The summed E-state index contributed by atoms with van der Waals surface area (Å²) < 4.78 is 38.3. The maximum absolute atomic E-state index is 12.8. The first-order valence-corrected chi connectivity index (χ1v) is 6.43. The maximum Gasteiger partial charge on any atom is 0.417 e. The average Bonchev–Trinajstić information content (AvgIpc) is 2.35. The fraction of sp³-hybridized carbons (Fsp3) is 0.500. The van der Waals surface area contributed by atoms with Crippen LogP contribution in [0.1, 0.15) is 25.0 Å². The number of piperazine rings is 1. The van der Waals surface area contributed by atoms with Crippen molar-refractivity contribution in [2.24, 2.45) is 0 Å². The van der Waals surface area contributed by atoms with Gasteiger partial charge in [-0.25, -0.2) is 0 Å². The summed E-state index contributed by atoms with van der Waals surface area (Å²) >= 11 is 0. The third-order valence-corrected chi connectivity index (χ3v) is 3.35. The Balaban J connectivity index is 2.33. The number of nitrogens with zero attached hydrogens (tertiary/aromatic N) is 2. The summed E-state index contributed by atoms with van der Waals surface area (Å²) in [5, 5.41) is 12.3. The Kier molecular flexibility index (Phi) is 3.91. The van der Waals surface area contributed by atoms with Crippen LogP contribution in [0.5, 0.6) is 0 Å². The van der Waals surface area contributed by atoms with Crippen molar-refractivity contribution >= 4 is 5.69 Å². The first kappa shape index (κ1) is 14.7. The molecule has 1 aromatic rings. The minimum atomic E-state index is -4.49. The highest BCUT2D eigenvalue weighted by molar-refractivity contribution is 5.55. The van der Waals surface area contributed by atoms with Gasteiger partial charge in [0, 0.05) is 30.9 Å². The number of rotatable bonds is 1. The molecule has 0 aromatic heterocycles. The van der Waals surface area contributed by atoms with Gasteiger partial charge in [-0.2, -0.15) is 18.4 Å². The van der Waals surface area contributed by atoms with Crippen LogP contribution in [0.15, 0.2) is 18.2 Å². The van der Waals surface area contributed by atoms with Gasteiger partial charge in [0.05, 0.1) is 17.2 Å². The number of alkyl halides is 3. The summed E-state index contributed by atoms with van der Waals surface area (Å²) in [7, 11) is 0. The van der Waals surface area contributed by atoms with Crippen LogP contribution in [0.4, 0.5) is 18.9 Å². The van der Waals surface area contributed by atoms with Crippen LogP contribution in [-0.4, -0.2) is 25.2 Å². The molecule has 108 valence electrons. The largest absolute Gasteiger partial charge is 0.417 e. The number of benzene rings is 1. The lowest BCUT2D eigenvalue weighted by atomic mass is 10.0. The zero-order chi connectivity index (χ0) is 14.9. The molecular weight excluding hydrogens is 267 g/mol. The van der Waals surface area contributed by atoms with Crippen molar-refractivity contribution in [1.29, 1.82) is 5.26 Å². The molecule has 1 saturated heterocycles. The van der Waals surface area contributed by atoms with Crippen molar-refractivity contribution in [2.75, 3.05) is 18.0 Å². The van der Waals surface area contributed by atoms with Crippen LogP contribution in [0.3, 0.4) is 0 Å². The van der Waals surface area contributed by atoms with Gasteiger partial charge < -0.3 is 10.2 Å². The second-order valence-electron chi connectivity index (χ2n) is 5.21. The van der Waals surface area contributed by atoms with Crippen LogP contribution < -0.4 is 10.2 Å². The van der Waals surface area contributed by atoms with Crippen LogP contribution >= 0.6 is 0 Å². The maximum atomic E-state index is 12.8. The van der Waals surface area contributed by atoms with E-state index in [0.717, 1.165) is 6.07 Å². The van der Waals surface area contributed by atoms with Crippen molar-refractivity contribution in [2.45, 2.75) is 32.1 Å². The second-order valence-corrected chi connectivity index (χ2v) is 5.21. The van der Waals surface area contributed by atoms with E-state index < -0.39 is 11.7 Å². The summed E-state index contributed by atoms with van der Waals surface area (Å²) in [5.74, 6) is 0. The molecule has 1 heterocycles. The molecule has 1 aliphatic heterocycles. The minimum absolute atomic E-state index is 0.256. The van der Waals surface area contributed by atoms with Gasteiger partial charge in [0.25, 0.3) is 0 Å². The molecule has 0 bridgehead atoms. The number of nitriles is 1. The second kappa shape index (κ2) is 5.33. The highest BCUT2D eigenvalue weighted by Gasteiger charge is 2.34. The topological polar surface area (TPSA) is 39.1 Å². The quantitative estimate of drug-likeness (QED) is 0.861. The van der Waals surface area contributed by atoms with Gasteiger partial charge >= 0.3 is 6.18 Å². The van der Waals surface area contributed by atoms with Crippen molar-refractivity contribution < 1.29 is 13.2 Å². The predicted molar refractivity (Wildman–Crippen MR) is 70.4 cm³/mol. The van der Waals surface area contributed by atoms with E-state index in [2.05, 4.69) is 5.32 Å². The molecule has 1 N–H and O–H groups in total. The number of hydrogen-bond donors (Lipinski definition) is 1. The zero-order valence-corrected chi connectivity index (χ0v) is 11.3. The Morgan fingerprint density at radius 3 is 2.35 bits per heavy atom. The Bertz CT molecular complexity index is 523. The van der Waals surface area contributed by atoms with Crippen LogP contribution in [0, 0.1) is 11.3 Å². The van der Waals surface area contributed by atoms with Gasteiger partial charge in [0.2, 0.25) is 0 Å². The Labute approximate surface area is 116 Å². The van der Waals surface area contributed by atoms with Gasteiger partial charge in [-0.1, -0.05) is 0 Å². The van der Waals surface area contributed by atoms with Gasteiger partial charge in [-0.05, 0) is 32.0 Å². The van der Waals surface area contributed by atoms with E-state index in [1.807, 2.05) is 18.7 Å². The molecule has 0 amide bonds. The van der Waals surface area contributed by atoms with Crippen molar-refractivity contribution in [1.82, 2.24) is 5.32 Å². The Morgan fingerprint density at radius 2 is 1.85 bits per heavy atom. The molecule has 6 heteroatoms. The summed E-state index contributed by atoms with van der Waals surface area (Å²) in [6.45, 7) is 5.47. The van der Waals surface area contributed by atoms with E-state index in [9.17, 15) is 13.2 Å². The zero-order valence-electron chi connectivity index (χ0n) is 11.3. The molecule has 0 spiro atoms. The lowest BCUT2D eigenvalue weighted by molar-refractivity contribution is -0.137. The van der Waals surface area contributed by atoms with E-state index in [0.29, 0.717) is 18.8 Å². The third-order valence-electron chi connectivity index (χ3n) is 3.35. The first-order chi connectivity index (χ1) is 9.31. The van der Waals surface area contributed by atoms with E-state index in [1.54, 1.807) is 6.07 Å². The van der Waals surface area contributed by atoms with E-state index in [1.165, 1.54) is 12.1 Å². The molecular formula is C14H16F3N3. The molecule has 1 aromatic carbocycles. The lowest BCUT2D eigenvalue weighted by Gasteiger charge is -2.37. The molecule has 3 nitrogen and oxygen atoms in total. The minimum Gasteiger partial charge on any atom is -0.368 e. The van der Waals surface area contributed by atoms with Crippen molar-refractivity contribution in [3.8, 4) is 6.07 Å². The number of anilines is 1. The van der Waals surface area contributed by atoms with Crippen LogP contribution in [-0.2, 0) is 6.18 Å². The third kappa shape index (κ3) is 3.05. The summed E-state index contributed by atoms with van der Waals surface area (Å²) in [5.41, 5.74) is -0.538. The van der Waals surface area contributed by atoms with Crippen LogP contribution in [0.25, 0.3) is 0 Å². The molecule has 2 rings (SSSR count). The van der Waals surface area contributed by atoms with Gasteiger partial charge in [-0.3, -0.25) is 0 Å². The van der Waals surface area contributed by atoms with Crippen molar-refractivity contribution in [3.05, 3.63) is 29.3 Å². The molecule has 0 saturated carbocycles. The van der Waals surface area contributed by atoms with Gasteiger partial charge in [-0.15, -0.1) is 0 Å². The molecule has 1 aliphatic rings. The first-order valence-electron chi connectivity index (χ1n) is 6.43. The molecule has 20 heavy (non-hydrogen) atoms. The van der Waals surface area contributed by atoms with Crippen LogP contribution in [0.2, 0.25) is 0 Å². The molecule has 1 fully saturated rings. The predicted octanol–water partition coefficient (Wildman–Crippen LogP) is 2.76. The number of hydrogen-bond acceptors (Lipinski definition) is 3. The van der Waals surface area contributed by atoms with Gasteiger partial charge in [0.15, 0.2) is 0 Å². The smallest absolute Gasteiger partial charge is 0.368 e. The average molecular weight is 283 g/mol. The highest BCUT2D eigenvalue weighted by atomic mass is 19.4. The summed E-state index contributed by atoms with van der Waals surface area (Å²) in [6.07, 6.45) is -4.49. The van der Waals surface area contributed by atoms with E-state index >= 15 is 0 Å². The monoisotopic (exact) mass is 283 g/mol. The Morgan fingerprint density at radius 1 is 1.25 bits per heavy atom. The van der Waals surface area contributed by atoms with Crippen molar-refractivity contribution in [3.63, 3.8) is 0 Å². The normalized spacial score (nSPS) is 23.5. The summed E-state index contributed by atoms with van der Waals surface area (Å²) in [4.78, 5) is 2.01. The SMILES string of the molecule is CC1CN(c2ccc(C(F)(F)F)c(C#N)c2)CC(C)N1. The number of halogens is 3. The standard InChI is InChI=1S/C14H16F3N3/c1-9-7-20(8-10(2)19-9)12-3-4-13(14(15,16)17)11(5-12)6-18/h3-5,9-10,19H,7-8H2,1-2H3. The summed E-state index contributed by atoms with van der Waals surface area (Å²) in [6, 6.07) is 5.91. The fourth-order valence-electron chi connectivity index (χ4n) is 2.61. The molecule has 0 aliphatic carbocycles. The fourth-order valence-corrected chi connectivity index (χ4v) is 2.61. The lowest BCUT2D eigenvalue weighted by Crippen LogP contribution is -2.54.